The van der Waals surface area contributed by atoms with Gasteiger partial charge in [0.15, 0.2) is 0 Å². The summed E-state index contributed by atoms with van der Waals surface area (Å²) in [6.07, 6.45) is 3.46. The molecule has 0 aromatic carbocycles. The first-order chi connectivity index (χ1) is 7.56. The molecule has 1 aromatic heterocycles. The van der Waals surface area contributed by atoms with Gasteiger partial charge in [0.2, 0.25) is 0 Å². The number of nitrogens with zero attached hydrogens (tertiary/aromatic N) is 1. The Kier molecular flexibility index (Phi) is 4.28. The van der Waals surface area contributed by atoms with Crippen LogP contribution in [0, 0.1) is 12.8 Å². The summed E-state index contributed by atoms with van der Waals surface area (Å²) in [4.78, 5) is 15.6. The third-order valence-electron chi connectivity index (χ3n) is 2.45. The molecule has 88 valence electrons. The predicted molar refractivity (Wildman–Crippen MR) is 63.2 cm³/mol. The minimum absolute atomic E-state index is 0.167. The molecule has 0 amide bonds. The fourth-order valence-corrected chi connectivity index (χ4v) is 1.43. The van der Waals surface area contributed by atoms with Gasteiger partial charge in [-0.25, -0.2) is 4.79 Å². The Morgan fingerprint density at radius 2 is 2.19 bits per heavy atom. The van der Waals surface area contributed by atoms with Crippen LogP contribution in [0.5, 0.6) is 0 Å². The summed E-state index contributed by atoms with van der Waals surface area (Å²) in [5.74, 6) is -0.0776. The lowest BCUT2D eigenvalue weighted by Crippen LogP contribution is -2.35. The van der Waals surface area contributed by atoms with Crippen LogP contribution in [0.1, 0.15) is 19.4 Å². The molecule has 0 aliphatic rings. The third-order valence-corrected chi connectivity index (χ3v) is 2.45. The van der Waals surface area contributed by atoms with Crippen molar-refractivity contribution in [3.05, 3.63) is 24.0 Å². The third kappa shape index (κ3) is 2.95. The Balaban J connectivity index is 2.84. The molecule has 1 heterocycles. The maximum Gasteiger partial charge on any atom is 0.328 e. The first kappa shape index (κ1) is 12.5. The fourth-order valence-electron chi connectivity index (χ4n) is 1.43. The van der Waals surface area contributed by atoms with E-state index in [0.29, 0.717) is 0 Å². The predicted octanol–water partition coefficient (Wildman–Crippen LogP) is 2.00. The highest BCUT2D eigenvalue weighted by molar-refractivity contribution is 5.79. The lowest BCUT2D eigenvalue weighted by molar-refractivity contribution is -0.142. The normalized spacial score (nSPS) is 12.3. The van der Waals surface area contributed by atoms with Crippen LogP contribution < -0.4 is 5.32 Å². The zero-order chi connectivity index (χ0) is 12.1. The highest BCUT2D eigenvalue weighted by Crippen LogP contribution is 2.16. The lowest BCUT2D eigenvalue weighted by Gasteiger charge is -2.21. The maximum atomic E-state index is 11.6. The summed E-state index contributed by atoms with van der Waals surface area (Å²) in [5.41, 5.74) is 1.93. The number of nitrogens with one attached hydrogen (secondary N) is 1. The van der Waals surface area contributed by atoms with Gasteiger partial charge in [-0.15, -0.1) is 0 Å². The number of hydrogen-bond donors (Lipinski definition) is 1. The number of rotatable bonds is 4. The maximum absolute atomic E-state index is 11.6. The van der Waals surface area contributed by atoms with Gasteiger partial charge >= 0.3 is 5.97 Å². The molecule has 0 saturated heterocycles. The zero-order valence-corrected chi connectivity index (χ0v) is 10.2. The number of carbonyl (C=O) groups is 1. The molecule has 1 unspecified atom stereocenters. The van der Waals surface area contributed by atoms with E-state index < -0.39 is 0 Å². The molecule has 1 N–H and O–H groups in total. The topological polar surface area (TPSA) is 51.2 Å². The standard InChI is InChI=1S/C12H18N2O2/c1-8(2)11(12(15)16-4)14-10-5-6-13-7-9(10)3/h5-8,11H,1-4H3,(H,13,14). The van der Waals surface area contributed by atoms with E-state index >= 15 is 0 Å². The van der Waals surface area contributed by atoms with E-state index in [1.54, 1.807) is 12.4 Å². The number of esters is 1. The van der Waals surface area contributed by atoms with Gasteiger partial charge in [0.1, 0.15) is 6.04 Å². The summed E-state index contributed by atoms with van der Waals surface area (Å²) in [5, 5.41) is 3.18. The average Bonchev–Trinajstić information content (AvgIpc) is 2.26. The van der Waals surface area contributed by atoms with E-state index in [9.17, 15) is 4.79 Å². The minimum Gasteiger partial charge on any atom is -0.467 e. The number of aromatic nitrogens is 1. The molecule has 1 rings (SSSR count). The van der Waals surface area contributed by atoms with E-state index in [1.165, 1.54) is 7.11 Å². The van der Waals surface area contributed by atoms with Crippen LogP contribution >= 0.6 is 0 Å². The average molecular weight is 222 g/mol. The number of aryl methyl sites for hydroxylation is 1. The number of methoxy groups -OCH3 is 1. The van der Waals surface area contributed by atoms with Crippen molar-refractivity contribution in [1.82, 2.24) is 4.98 Å². The van der Waals surface area contributed by atoms with E-state index in [2.05, 4.69) is 10.3 Å². The van der Waals surface area contributed by atoms with Crippen molar-refractivity contribution in [3.8, 4) is 0 Å². The quantitative estimate of drug-likeness (QED) is 0.792. The summed E-state index contributed by atoms with van der Waals surface area (Å²) < 4.78 is 4.77. The molecule has 4 nitrogen and oxygen atoms in total. The molecule has 0 radical (unpaired) electrons. The van der Waals surface area contributed by atoms with Crippen molar-refractivity contribution in [1.29, 1.82) is 0 Å². The van der Waals surface area contributed by atoms with Crippen LogP contribution in [0.15, 0.2) is 18.5 Å². The Morgan fingerprint density at radius 1 is 1.50 bits per heavy atom. The summed E-state index contributed by atoms with van der Waals surface area (Å²) in [6.45, 7) is 5.90. The number of ether oxygens (including phenoxy) is 1. The van der Waals surface area contributed by atoms with Gasteiger partial charge in [-0.05, 0) is 24.5 Å². The van der Waals surface area contributed by atoms with Crippen LogP contribution in [0.25, 0.3) is 0 Å². The van der Waals surface area contributed by atoms with E-state index in [0.717, 1.165) is 11.3 Å². The second-order valence-corrected chi connectivity index (χ2v) is 4.08. The summed E-state index contributed by atoms with van der Waals surface area (Å²) in [6, 6.07) is 1.53. The van der Waals surface area contributed by atoms with Gasteiger partial charge in [-0.1, -0.05) is 13.8 Å². The van der Waals surface area contributed by atoms with Gasteiger partial charge in [0.25, 0.3) is 0 Å². The number of anilines is 1. The molecule has 0 saturated carbocycles. The van der Waals surface area contributed by atoms with Crippen LogP contribution in [-0.2, 0) is 9.53 Å². The SMILES string of the molecule is COC(=O)C(Nc1ccncc1C)C(C)C. The van der Waals surface area contributed by atoms with Gasteiger partial charge in [0.05, 0.1) is 7.11 Å². The molecule has 16 heavy (non-hydrogen) atoms. The fraction of sp³-hybridized carbons (Fsp3) is 0.500. The van der Waals surface area contributed by atoms with E-state index in [1.807, 2.05) is 26.8 Å². The van der Waals surface area contributed by atoms with Crippen LogP contribution in [0.2, 0.25) is 0 Å². The molecule has 0 aliphatic heterocycles. The van der Waals surface area contributed by atoms with Crippen LogP contribution in [0.4, 0.5) is 5.69 Å². The number of carbonyl (C=O) groups excluding carboxylic acids is 1. The second kappa shape index (κ2) is 5.49. The Labute approximate surface area is 96.0 Å². The van der Waals surface area contributed by atoms with Gasteiger partial charge in [-0.2, -0.15) is 0 Å². The molecule has 0 spiro atoms. The van der Waals surface area contributed by atoms with Gasteiger partial charge in [-0.3, -0.25) is 4.98 Å². The molecule has 4 heteroatoms. The summed E-state index contributed by atoms with van der Waals surface area (Å²) >= 11 is 0. The van der Waals surface area contributed by atoms with Crippen LogP contribution in [-0.4, -0.2) is 24.1 Å². The number of hydrogen-bond acceptors (Lipinski definition) is 4. The molecule has 0 bridgehead atoms. The Morgan fingerprint density at radius 3 is 2.69 bits per heavy atom. The highest BCUT2D eigenvalue weighted by atomic mass is 16.5. The zero-order valence-electron chi connectivity index (χ0n) is 10.2. The second-order valence-electron chi connectivity index (χ2n) is 4.08. The van der Waals surface area contributed by atoms with Crippen molar-refractivity contribution in [2.75, 3.05) is 12.4 Å². The molecular formula is C12H18N2O2. The molecule has 1 atom stereocenters. The monoisotopic (exact) mass is 222 g/mol. The first-order valence-corrected chi connectivity index (χ1v) is 5.31. The van der Waals surface area contributed by atoms with Crippen molar-refractivity contribution < 1.29 is 9.53 Å². The Bertz CT molecular complexity index is 364. The molecule has 0 aliphatic carbocycles. The highest BCUT2D eigenvalue weighted by Gasteiger charge is 2.22. The summed E-state index contributed by atoms with van der Waals surface area (Å²) in [7, 11) is 1.40. The lowest BCUT2D eigenvalue weighted by atomic mass is 10.0. The molecule has 0 fully saturated rings. The van der Waals surface area contributed by atoms with Gasteiger partial charge in [0, 0.05) is 18.1 Å². The van der Waals surface area contributed by atoms with Gasteiger partial charge < -0.3 is 10.1 Å². The van der Waals surface area contributed by atoms with E-state index in [4.69, 9.17) is 4.74 Å². The number of pyridine rings is 1. The Hall–Kier alpha value is -1.58. The van der Waals surface area contributed by atoms with Crippen molar-refractivity contribution >= 4 is 11.7 Å². The van der Waals surface area contributed by atoms with Crippen molar-refractivity contribution in [2.24, 2.45) is 5.92 Å². The van der Waals surface area contributed by atoms with Crippen molar-refractivity contribution in [3.63, 3.8) is 0 Å². The largest absolute Gasteiger partial charge is 0.467 e. The minimum atomic E-state index is -0.328. The van der Waals surface area contributed by atoms with Crippen LogP contribution in [0.3, 0.4) is 0 Å². The molecule has 1 aromatic rings. The smallest absolute Gasteiger partial charge is 0.328 e. The first-order valence-electron chi connectivity index (χ1n) is 5.31. The molecular weight excluding hydrogens is 204 g/mol. The van der Waals surface area contributed by atoms with E-state index in [-0.39, 0.29) is 17.9 Å². The van der Waals surface area contributed by atoms with Crippen molar-refractivity contribution in [2.45, 2.75) is 26.8 Å².